The Morgan fingerprint density at radius 2 is 2.27 bits per heavy atom. The second kappa shape index (κ2) is 7.72. The monoisotopic (exact) mass is 176 g/mol. The van der Waals surface area contributed by atoms with Crippen molar-refractivity contribution in [3.05, 3.63) is 0 Å². The van der Waals surface area contributed by atoms with Crippen LogP contribution < -0.4 is 5.73 Å². The van der Waals surface area contributed by atoms with E-state index in [4.69, 9.17) is 10.9 Å². The van der Waals surface area contributed by atoms with Gasteiger partial charge in [0.15, 0.2) is 0 Å². The SMILES string of the molecule is CCCCCSCC(N)=NO. The third kappa shape index (κ3) is 7.52. The molecule has 0 radical (unpaired) electrons. The van der Waals surface area contributed by atoms with Crippen LogP contribution >= 0.6 is 11.8 Å². The molecule has 0 unspecified atom stereocenters. The number of unbranched alkanes of at least 4 members (excludes halogenated alkanes) is 2. The minimum absolute atomic E-state index is 0.312. The van der Waals surface area contributed by atoms with Gasteiger partial charge in [0.2, 0.25) is 0 Å². The fourth-order valence-electron chi connectivity index (χ4n) is 0.660. The van der Waals surface area contributed by atoms with Gasteiger partial charge in [0.1, 0.15) is 5.84 Å². The summed E-state index contributed by atoms with van der Waals surface area (Å²) in [7, 11) is 0. The maximum absolute atomic E-state index is 8.19. The van der Waals surface area contributed by atoms with Crippen LogP contribution in [-0.2, 0) is 0 Å². The van der Waals surface area contributed by atoms with Gasteiger partial charge in [0, 0.05) is 0 Å². The molecule has 4 heteroatoms. The number of thioether (sulfide) groups is 1. The standard InChI is InChI=1S/C7H16N2OS/c1-2-3-4-5-11-6-7(8)9-10/h10H,2-6H2,1H3,(H2,8,9). The molecule has 0 bridgehead atoms. The molecular formula is C7H16N2OS. The fourth-order valence-corrected chi connectivity index (χ4v) is 1.48. The summed E-state index contributed by atoms with van der Waals surface area (Å²) in [5.74, 6) is 2.05. The average molecular weight is 176 g/mol. The van der Waals surface area contributed by atoms with E-state index in [0.717, 1.165) is 5.75 Å². The van der Waals surface area contributed by atoms with Gasteiger partial charge in [-0.15, -0.1) is 0 Å². The highest BCUT2D eigenvalue weighted by Gasteiger charge is 1.92. The van der Waals surface area contributed by atoms with Crippen LogP contribution in [0.4, 0.5) is 0 Å². The molecule has 66 valence electrons. The van der Waals surface area contributed by atoms with Gasteiger partial charge in [0.05, 0.1) is 5.75 Å². The number of nitrogens with zero attached hydrogens (tertiary/aromatic N) is 1. The van der Waals surface area contributed by atoms with E-state index < -0.39 is 0 Å². The number of nitrogens with two attached hydrogens (primary N) is 1. The van der Waals surface area contributed by atoms with Crippen LogP contribution in [0.15, 0.2) is 5.16 Å². The summed E-state index contributed by atoms with van der Waals surface area (Å²) in [4.78, 5) is 0. The molecule has 0 atom stereocenters. The smallest absolute Gasteiger partial charge is 0.149 e. The Kier molecular flexibility index (Phi) is 7.46. The minimum atomic E-state index is 0.312. The lowest BCUT2D eigenvalue weighted by Crippen LogP contribution is -2.14. The van der Waals surface area contributed by atoms with Gasteiger partial charge in [0.25, 0.3) is 0 Å². The highest BCUT2D eigenvalue weighted by atomic mass is 32.2. The van der Waals surface area contributed by atoms with Crippen molar-refractivity contribution in [1.29, 1.82) is 0 Å². The Labute approximate surface area is 72.0 Å². The molecule has 0 aromatic heterocycles. The highest BCUT2D eigenvalue weighted by Crippen LogP contribution is 2.05. The molecule has 0 rings (SSSR count). The third-order valence-corrected chi connectivity index (χ3v) is 2.35. The number of oxime groups is 1. The Balaban J connectivity index is 3.02. The lowest BCUT2D eigenvalue weighted by atomic mass is 10.3. The Morgan fingerprint density at radius 3 is 2.82 bits per heavy atom. The van der Waals surface area contributed by atoms with E-state index in [1.54, 1.807) is 11.8 Å². The maximum Gasteiger partial charge on any atom is 0.149 e. The summed E-state index contributed by atoms with van der Waals surface area (Å²) in [6, 6.07) is 0. The summed E-state index contributed by atoms with van der Waals surface area (Å²) in [6.45, 7) is 2.17. The number of amidine groups is 1. The maximum atomic E-state index is 8.19. The summed E-state index contributed by atoms with van der Waals surface area (Å²) in [5.41, 5.74) is 5.27. The van der Waals surface area contributed by atoms with Gasteiger partial charge in [-0.1, -0.05) is 24.9 Å². The first-order chi connectivity index (χ1) is 5.31. The van der Waals surface area contributed by atoms with Crippen molar-refractivity contribution >= 4 is 17.6 Å². The predicted octanol–water partition coefficient (Wildman–Crippen LogP) is 1.66. The highest BCUT2D eigenvalue weighted by molar-refractivity contribution is 7.99. The number of hydrogen-bond donors (Lipinski definition) is 2. The van der Waals surface area contributed by atoms with E-state index >= 15 is 0 Å². The Bertz CT molecular complexity index is 117. The van der Waals surface area contributed by atoms with Gasteiger partial charge in [-0.3, -0.25) is 0 Å². The molecule has 0 aliphatic carbocycles. The molecule has 3 nitrogen and oxygen atoms in total. The minimum Gasteiger partial charge on any atom is -0.409 e. The van der Waals surface area contributed by atoms with Crippen molar-refractivity contribution < 1.29 is 5.21 Å². The molecule has 0 amide bonds. The zero-order valence-corrected chi connectivity index (χ0v) is 7.73. The van der Waals surface area contributed by atoms with Crippen LogP contribution in [0, 0.1) is 0 Å². The summed E-state index contributed by atoms with van der Waals surface area (Å²) < 4.78 is 0. The number of hydrogen-bond acceptors (Lipinski definition) is 3. The third-order valence-electron chi connectivity index (χ3n) is 1.27. The Morgan fingerprint density at radius 1 is 1.55 bits per heavy atom. The average Bonchev–Trinajstić information content (AvgIpc) is 2.04. The van der Waals surface area contributed by atoms with E-state index in [2.05, 4.69) is 12.1 Å². The zero-order valence-electron chi connectivity index (χ0n) is 6.92. The normalized spacial score (nSPS) is 11.9. The first-order valence-corrected chi connectivity index (χ1v) is 5.00. The second-order valence-electron chi connectivity index (χ2n) is 2.35. The lowest BCUT2D eigenvalue weighted by molar-refractivity contribution is 0.318. The van der Waals surface area contributed by atoms with E-state index in [0.29, 0.717) is 11.6 Å². The van der Waals surface area contributed by atoms with Crippen LogP contribution in [0.2, 0.25) is 0 Å². The van der Waals surface area contributed by atoms with E-state index in [1.165, 1.54) is 19.3 Å². The van der Waals surface area contributed by atoms with Gasteiger partial charge in [-0.05, 0) is 12.2 Å². The molecule has 11 heavy (non-hydrogen) atoms. The molecule has 0 aliphatic rings. The van der Waals surface area contributed by atoms with E-state index in [9.17, 15) is 0 Å². The largest absolute Gasteiger partial charge is 0.409 e. The second-order valence-corrected chi connectivity index (χ2v) is 3.46. The van der Waals surface area contributed by atoms with Gasteiger partial charge in [-0.25, -0.2) is 0 Å². The molecule has 0 fully saturated rings. The topological polar surface area (TPSA) is 58.6 Å². The molecule has 0 heterocycles. The van der Waals surface area contributed by atoms with Crippen molar-refractivity contribution in [2.75, 3.05) is 11.5 Å². The predicted molar refractivity (Wildman–Crippen MR) is 50.3 cm³/mol. The molecule has 0 spiro atoms. The quantitative estimate of drug-likeness (QED) is 0.213. The first-order valence-electron chi connectivity index (χ1n) is 3.85. The molecule has 0 saturated heterocycles. The van der Waals surface area contributed by atoms with Crippen molar-refractivity contribution in [2.24, 2.45) is 10.9 Å². The zero-order chi connectivity index (χ0) is 8.53. The molecular weight excluding hydrogens is 160 g/mol. The first kappa shape index (κ1) is 10.6. The van der Waals surface area contributed by atoms with Gasteiger partial charge in [-0.2, -0.15) is 11.8 Å². The van der Waals surface area contributed by atoms with Crippen molar-refractivity contribution in [2.45, 2.75) is 26.2 Å². The molecule has 0 saturated carbocycles. The van der Waals surface area contributed by atoms with Crippen LogP contribution in [0.3, 0.4) is 0 Å². The van der Waals surface area contributed by atoms with Crippen LogP contribution in [0.5, 0.6) is 0 Å². The molecule has 0 aromatic carbocycles. The van der Waals surface area contributed by atoms with Gasteiger partial charge < -0.3 is 10.9 Å². The van der Waals surface area contributed by atoms with Crippen molar-refractivity contribution in [1.82, 2.24) is 0 Å². The molecule has 3 N–H and O–H groups in total. The summed E-state index contributed by atoms with van der Waals surface area (Å²) >= 11 is 1.71. The lowest BCUT2D eigenvalue weighted by Gasteiger charge is -1.98. The molecule has 0 aliphatic heterocycles. The van der Waals surface area contributed by atoms with Gasteiger partial charge >= 0.3 is 0 Å². The summed E-state index contributed by atoms with van der Waals surface area (Å²) in [5, 5.41) is 11.1. The van der Waals surface area contributed by atoms with Crippen molar-refractivity contribution in [3.63, 3.8) is 0 Å². The Hall–Kier alpha value is -0.380. The van der Waals surface area contributed by atoms with E-state index in [-0.39, 0.29) is 0 Å². The number of rotatable bonds is 6. The van der Waals surface area contributed by atoms with Crippen LogP contribution in [0.25, 0.3) is 0 Å². The van der Waals surface area contributed by atoms with Crippen LogP contribution in [-0.4, -0.2) is 22.5 Å². The molecule has 0 aromatic rings. The van der Waals surface area contributed by atoms with E-state index in [1.807, 2.05) is 0 Å². The van der Waals surface area contributed by atoms with Crippen LogP contribution in [0.1, 0.15) is 26.2 Å². The fraction of sp³-hybridized carbons (Fsp3) is 0.857. The summed E-state index contributed by atoms with van der Waals surface area (Å²) in [6.07, 6.45) is 3.73. The van der Waals surface area contributed by atoms with Crippen molar-refractivity contribution in [3.8, 4) is 0 Å².